The summed E-state index contributed by atoms with van der Waals surface area (Å²) in [5.41, 5.74) is 3.67. The van der Waals surface area contributed by atoms with Gasteiger partial charge in [-0.2, -0.15) is 5.10 Å². The molecule has 2 heterocycles. The van der Waals surface area contributed by atoms with E-state index in [2.05, 4.69) is 71.4 Å². The Morgan fingerprint density at radius 3 is 2.46 bits per heavy atom. The molecule has 0 unspecified atom stereocenters. The third kappa shape index (κ3) is 3.90. The van der Waals surface area contributed by atoms with Crippen LogP contribution < -0.4 is 10.2 Å². The van der Waals surface area contributed by atoms with Gasteiger partial charge in [-0.3, -0.25) is 9.58 Å². The van der Waals surface area contributed by atoms with Gasteiger partial charge in [0.25, 0.3) is 0 Å². The molecule has 1 fully saturated rings. The lowest BCUT2D eigenvalue weighted by Crippen LogP contribution is -2.48. The molecule has 130 valence electrons. The molecule has 24 heavy (non-hydrogen) atoms. The Kier molecular flexibility index (Phi) is 5.09. The van der Waals surface area contributed by atoms with Crippen LogP contribution in [0.15, 0.2) is 36.7 Å². The molecule has 1 aliphatic heterocycles. The number of hydrogen-bond acceptors (Lipinski definition) is 4. The molecule has 0 bridgehead atoms. The highest BCUT2D eigenvalue weighted by Crippen LogP contribution is 2.24. The molecular weight excluding hydrogens is 298 g/mol. The topological polar surface area (TPSA) is 36.3 Å². The molecule has 0 amide bonds. The summed E-state index contributed by atoms with van der Waals surface area (Å²) < 4.78 is 1.85. The molecule has 5 nitrogen and oxygen atoms in total. The van der Waals surface area contributed by atoms with Crippen molar-refractivity contribution in [1.82, 2.24) is 14.7 Å². The number of hydrogen-bond donors (Lipinski definition) is 1. The lowest BCUT2D eigenvalue weighted by molar-refractivity contribution is 0.209. The summed E-state index contributed by atoms with van der Waals surface area (Å²) in [6.45, 7) is 11.2. The van der Waals surface area contributed by atoms with E-state index in [-0.39, 0.29) is 6.04 Å². The summed E-state index contributed by atoms with van der Waals surface area (Å²) in [4.78, 5) is 5.03. The van der Waals surface area contributed by atoms with Crippen molar-refractivity contribution in [2.24, 2.45) is 7.05 Å². The summed E-state index contributed by atoms with van der Waals surface area (Å²) >= 11 is 0. The normalized spacial score (nSPS) is 17.3. The number of aryl methyl sites for hydroxylation is 1. The summed E-state index contributed by atoms with van der Waals surface area (Å²) in [5, 5.41) is 7.84. The molecule has 1 aliphatic rings. The van der Waals surface area contributed by atoms with Gasteiger partial charge in [0, 0.05) is 62.4 Å². The van der Waals surface area contributed by atoms with Crippen LogP contribution in [-0.4, -0.2) is 46.9 Å². The quantitative estimate of drug-likeness (QED) is 0.915. The van der Waals surface area contributed by atoms with Gasteiger partial charge >= 0.3 is 0 Å². The minimum atomic E-state index is 0.242. The van der Waals surface area contributed by atoms with E-state index in [1.54, 1.807) is 0 Å². The first kappa shape index (κ1) is 16.8. The fourth-order valence-electron chi connectivity index (χ4n) is 3.29. The summed E-state index contributed by atoms with van der Waals surface area (Å²) in [6.07, 6.45) is 3.99. The minimum Gasteiger partial charge on any atom is -0.378 e. The molecule has 2 aromatic rings. The number of aromatic nitrogens is 2. The van der Waals surface area contributed by atoms with Crippen LogP contribution in [0.25, 0.3) is 0 Å². The van der Waals surface area contributed by atoms with Crippen molar-refractivity contribution < 1.29 is 0 Å². The third-order valence-corrected chi connectivity index (χ3v) is 4.86. The monoisotopic (exact) mass is 327 g/mol. The van der Waals surface area contributed by atoms with Gasteiger partial charge in [0.1, 0.15) is 0 Å². The van der Waals surface area contributed by atoms with Crippen LogP contribution in [0.1, 0.15) is 32.4 Å². The predicted molar refractivity (Wildman–Crippen MR) is 101 cm³/mol. The molecule has 3 rings (SSSR count). The minimum absolute atomic E-state index is 0.242. The van der Waals surface area contributed by atoms with Gasteiger partial charge in [-0.05, 0) is 39.0 Å². The van der Waals surface area contributed by atoms with Gasteiger partial charge in [-0.25, -0.2) is 0 Å². The largest absolute Gasteiger partial charge is 0.378 e. The second-order valence-electron chi connectivity index (χ2n) is 6.98. The molecule has 1 aromatic carbocycles. The zero-order valence-electron chi connectivity index (χ0n) is 15.2. The van der Waals surface area contributed by atoms with Crippen molar-refractivity contribution in [2.75, 3.05) is 36.4 Å². The van der Waals surface area contributed by atoms with Crippen LogP contribution in [0, 0.1) is 0 Å². The zero-order valence-corrected chi connectivity index (χ0v) is 15.2. The number of nitrogens with one attached hydrogen (secondary N) is 1. The lowest BCUT2D eigenvalue weighted by Gasteiger charge is -2.38. The molecule has 1 N–H and O–H groups in total. The summed E-state index contributed by atoms with van der Waals surface area (Å²) in [7, 11) is 1.95. The maximum Gasteiger partial charge on any atom is 0.0542 e. The van der Waals surface area contributed by atoms with Crippen molar-refractivity contribution in [2.45, 2.75) is 32.9 Å². The molecule has 0 spiro atoms. The zero-order chi connectivity index (χ0) is 17.1. The molecule has 1 atom stereocenters. The highest BCUT2D eigenvalue weighted by atomic mass is 15.3. The van der Waals surface area contributed by atoms with Crippen molar-refractivity contribution in [3.05, 3.63) is 42.2 Å². The van der Waals surface area contributed by atoms with Gasteiger partial charge in [0.15, 0.2) is 0 Å². The van der Waals surface area contributed by atoms with Crippen LogP contribution in [0.3, 0.4) is 0 Å². The number of anilines is 2. The second-order valence-corrected chi connectivity index (χ2v) is 6.98. The molecule has 0 radical (unpaired) electrons. The average Bonchev–Trinajstić information content (AvgIpc) is 3.02. The number of rotatable bonds is 5. The first-order chi connectivity index (χ1) is 11.5. The molecular formula is C19H29N5. The second kappa shape index (κ2) is 7.26. The van der Waals surface area contributed by atoms with E-state index in [1.165, 1.54) is 11.3 Å². The Balaban J connectivity index is 1.64. The SMILES string of the molecule is CC(C)N1CCN(c2cccc(N[C@@H](C)c3cnn(C)c3)c2)CC1. The fraction of sp³-hybridized carbons (Fsp3) is 0.526. The highest BCUT2D eigenvalue weighted by molar-refractivity contribution is 5.59. The van der Waals surface area contributed by atoms with E-state index < -0.39 is 0 Å². The van der Waals surface area contributed by atoms with Gasteiger partial charge in [0.2, 0.25) is 0 Å². The van der Waals surface area contributed by atoms with E-state index in [0.29, 0.717) is 6.04 Å². The van der Waals surface area contributed by atoms with Crippen molar-refractivity contribution in [3.8, 4) is 0 Å². The van der Waals surface area contributed by atoms with Crippen LogP contribution in [0.4, 0.5) is 11.4 Å². The van der Waals surface area contributed by atoms with Gasteiger partial charge in [-0.1, -0.05) is 6.07 Å². The molecule has 0 saturated carbocycles. The van der Waals surface area contributed by atoms with Crippen LogP contribution in [0.2, 0.25) is 0 Å². The number of nitrogens with zero attached hydrogens (tertiary/aromatic N) is 4. The van der Waals surface area contributed by atoms with Crippen molar-refractivity contribution in [1.29, 1.82) is 0 Å². The summed E-state index contributed by atoms with van der Waals surface area (Å²) in [6, 6.07) is 9.64. The van der Waals surface area contributed by atoms with Crippen LogP contribution in [-0.2, 0) is 7.05 Å². The predicted octanol–water partition coefficient (Wildman–Crippen LogP) is 3.12. The van der Waals surface area contributed by atoms with E-state index in [9.17, 15) is 0 Å². The van der Waals surface area contributed by atoms with Crippen LogP contribution in [0.5, 0.6) is 0 Å². The Hall–Kier alpha value is -2.01. The average molecular weight is 327 g/mol. The lowest BCUT2D eigenvalue weighted by atomic mass is 10.1. The fourth-order valence-corrected chi connectivity index (χ4v) is 3.29. The summed E-state index contributed by atoms with van der Waals surface area (Å²) in [5.74, 6) is 0. The molecule has 5 heteroatoms. The van der Waals surface area contributed by atoms with Crippen molar-refractivity contribution >= 4 is 11.4 Å². The van der Waals surface area contributed by atoms with E-state index in [0.717, 1.165) is 31.9 Å². The first-order valence-electron chi connectivity index (χ1n) is 8.87. The maximum atomic E-state index is 4.26. The van der Waals surface area contributed by atoms with Gasteiger partial charge < -0.3 is 10.2 Å². The Labute approximate surface area is 145 Å². The van der Waals surface area contributed by atoms with E-state index >= 15 is 0 Å². The molecule has 1 aromatic heterocycles. The Morgan fingerprint density at radius 1 is 1.08 bits per heavy atom. The van der Waals surface area contributed by atoms with Crippen LogP contribution >= 0.6 is 0 Å². The van der Waals surface area contributed by atoms with Gasteiger partial charge in [-0.15, -0.1) is 0 Å². The Bertz CT molecular complexity index is 655. The van der Waals surface area contributed by atoms with E-state index in [1.807, 2.05) is 17.9 Å². The third-order valence-electron chi connectivity index (χ3n) is 4.86. The first-order valence-corrected chi connectivity index (χ1v) is 8.87. The van der Waals surface area contributed by atoms with Gasteiger partial charge in [0.05, 0.1) is 12.2 Å². The highest BCUT2D eigenvalue weighted by Gasteiger charge is 2.19. The number of benzene rings is 1. The maximum absolute atomic E-state index is 4.26. The Morgan fingerprint density at radius 2 is 1.83 bits per heavy atom. The standard InChI is InChI=1S/C19H29N5/c1-15(2)23-8-10-24(11-9-23)19-7-5-6-18(12-19)21-16(3)17-13-20-22(4)14-17/h5-7,12-16,21H,8-11H2,1-4H3/t16-/m0/s1. The van der Waals surface area contributed by atoms with Crippen molar-refractivity contribution in [3.63, 3.8) is 0 Å². The number of piperazine rings is 1. The van der Waals surface area contributed by atoms with E-state index in [4.69, 9.17) is 0 Å². The molecule has 0 aliphatic carbocycles. The molecule has 1 saturated heterocycles. The smallest absolute Gasteiger partial charge is 0.0542 e.